The average molecular weight is 285 g/mol. The first-order valence-corrected chi connectivity index (χ1v) is 7.95. The van der Waals surface area contributed by atoms with Crippen molar-refractivity contribution in [1.82, 2.24) is 0 Å². The molecule has 0 saturated heterocycles. The molecule has 1 aromatic heterocycles. The number of amides is 1. The molecule has 20 heavy (non-hydrogen) atoms. The predicted molar refractivity (Wildman–Crippen MR) is 84.8 cm³/mol. The largest absolute Gasteiger partial charge is 0.321 e. The average Bonchev–Trinajstić information content (AvgIpc) is 2.87. The van der Waals surface area contributed by atoms with E-state index in [4.69, 9.17) is 0 Å². The molecule has 1 amide bonds. The van der Waals surface area contributed by atoms with Gasteiger partial charge in [0, 0.05) is 10.6 Å². The highest BCUT2D eigenvalue weighted by atomic mass is 32.1. The van der Waals surface area contributed by atoms with Gasteiger partial charge in [0.2, 0.25) is 0 Å². The molecular formula is C17H19NOS. The molecule has 1 aliphatic rings. The van der Waals surface area contributed by atoms with Crippen LogP contribution in [0.1, 0.15) is 44.1 Å². The fourth-order valence-electron chi connectivity index (χ4n) is 2.66. The van der Waals surface area contributed by atoms with E-state index in [1.807, 2.05) is 26.0 Å². The smallest absolute Gasteiger partial charge is 0.265 e. The number of benzene rings is 1. The minimum atomic E-state index is 0.0260. The third-order valence-electron chi connectivity index (χ3n) is 3.86. The first-order valence-electron chi connectivity index (χ1n) is 7.13. The van der Waals surface area contributed by atoms with Crippen molar-refractivity contribution in [3.63, 3.8) is 0 Å². The van der Waals surface area contributed by atoms with Crippen molar-refractivity contribution in [2.75, 3.05) is 5.32 Å². The summed E-state index contributed by atoms with van der Waals surface area (Å²) in [4.78, 5) is 14.6. The molecule has 0 bridgehead atoms. The number of fused-ring (bicyclic) bond motifs is 1. The maximum absolute atomic E-state index is 12.4. The van der Waals surface area contributed by atoms with Crippen molar-refractivity contribution in [3.8, 4) is 0 Å². The summed E-state index contributed by atoms with van der Waals surface area (Å²) in [7, 11) is 0. The topological polar surface area (TPSA) is 29.1 Å². The minimum Gasteiger partial charge on any atom is -0.321 e. The van der Waals surface area contributed by atoms with Crippen molar-refractivity contribution in [2.24, 2.45) is 0 Å². The Bertz CT molecular complexity index is 634. The molecule has 3 heteroatoms. The van der Waals surface area contributed by atoms with E-state index in [1.54, 1.807) is 11.3 Å². The summed E-state index contributed by atoms with van der Waals surface area (Å²) in [5.74, 6) is 0.0260. The Morgan fingerprint density at radius 1 is 1.15 bits per heavy atom. The highest BCUT2D eigenvalue weighted by Crippen LogP contribution is 2.30. The highest BCUT2D eigenvalue weighted by molar-refractivity contribution is 7.14. The summed E-state index contributed by atoms with van der Waals surface area (Å²) in [6.45, 7) is 4.06. The molecular weight excluding hydrogens is 266 g/mol. The van der Waals surface area contributed by atoms with E-state index in [-0.39, 0.29) is 5.91 Å². The minimum absolute atomic E-state index is 0.0260. The van der Waals surface area contributed by atoms with Crippen molar-refractivity contribution in [3.05, 3.63) is 50.7 Å². The van der Waals surface area contributed by atoms with E-state index in [2.05, 4.69) is 17.4 Å². The molecule has 2 aromatic rings. The van der Waals surface area contributed by atoms with E-state index < -0.39 is 0 Å². The SMILES string of the molecule is Cc1ccc(C)c(NC(=O)c2cc3c(s2)CCCC3)c1. The van der Waals surface area contributed by atoms with Gasteiger partial charge in [0.15, 0.2) is 0 Å². The van der Waals surface area contributed by atoms with Crippen LogP contribution in [0.3, 0.4) is 0 Å². The number of aryl methyl sites for hydroxylation is 4. The fourth-order valence-corrected chi connectivity index (χ4v) is 3.81. The Labute approximate surface area is 123 Å². The third-order valence-corrected chi connectivity index (χ3v) is 5.10. The van der Waals surface area contributed by atoms with Crippen molar-refractivity contribution < 1.29 is 4.79 Å². The zero-order chi connectivity index (χ0) is 14.1. The standard InChI is InChI=1S/C17H19NOS/c1-11-7-8-12(2)14(9-11)18-17(19)16-10-13-5-3-4-6-15(13)20-16/h7-10H,3-6H2,1-2H3,(H,18,19). The van der Waals surface area contributed by atoms with Crippen LogP contribution in [0, 0.1) is 13.8 Å². The lowest BCUT2D eigenvalue weighted by atomic mass is 9.99. The first-order chi connectivity index (χ1) is 9.63. The van der Waals surface area contributed by atoms with Crippen LogP contribution >= 0.6 is 11.3 Å². The Balaban J connectivity index is 1.82. The van der Waals surface area contributed by atoms with Gasteiger partial charge in [-0.2, -0.15) is 0 Å². The zero-order valence-electron chi connectivity index (χ0n) is 12.0. The van der Waals surface area contributed by atoms with Crippen LogP contribution in [0.25, 0.3) is 0 Å². The molecule has 0 atom stereocenters. The van der Waals surface area contributed by atoms with Crippen LogP contribution in [0.5, 0.6) is 0 Å². The van der Waals surface area contributed by atoms with Gasteiger partial charge in [-0.1, -0.05) is 12.1 Å². The van der Waals surface area contributed by atoms with Crippen LogP contribution in [-0.4, -0.2) is 5.91 Å². The van der Waals surface area contributed by atoms with Crippen LogP contribution < -0.4 is 5.32 Å². The van der Waals surface area contributed by atoms with Crippen LogP contribution in [-0.2, 0) is 12.8 Å². The van der Waals surface area contributed by atoms with E-state index >= 15 is 0 Å². The number of hydrogen-bond acceptors (Lipinski definition) is 2. The highest BCUT2D eigenvalue weighted by Gasteiger charge is 2.17. The predicted octanol–water partition coefficient (Wildman–Crippen LogP) is 4.50. The Morgan fingerprint density at radius 3 is 2.75 bits per heavy atom. The second-order valence-electron chi connectivity index (χ2n) is 5.54. The molecule has 2 nitrogen and oxygen atoms in total. The van der Waals surface area contributed by atoms with Crippen LogP contribution in [0.15, 0.2) is 24.3 Å². The van der Waals surface area contributed by atoms with Crippen molar-refractivity contribution in [1.29, 1.82) is 0 Å². The summed E-state index contributed by atoms with van der Waals surface area (Å²) < 4.78 is 0. The number of carbonyl (C=O) groups excluding carboxylic acids is 1. The lowest BCUT2D eigenvalue weighted by Gasteiger charge is -2.08. The maximum atomic E-state index is 12.4. The maximum Gasteiger partial charge on any atom is 0.265 e. The first kappa shape index (κ1) is 13.4. The Morgan fingerprint density at radius 2 is 1.95 bits per heavy atom. The molecule has 0 unspecified atom stereocenters. The Hall–Kier alpha value is -1.61. The van der Waals surface area contributed by atoms with E-state index in [0.717, 1.165) is 34.5 Å². The van der Waals surface area contributed by atoms with Gasteiger partial charge < -0.3 is 5.32 Å². The fraction of sp³-hybridized carbons (Fsp3) is 0.353. The second-order valence-corrected chi connectivity index (χ2v) is 6.68. The summed E-state index contributed by atoms with van der Waals surface area (Å²) in [6, 6.07) is 8.22. The van der Waals surface area contributed by atoms with E-state index in [0.29, 0.717) is 0 Å². The molecule has 0 spiro atoms. The molecule has 0 fully saturated rings. The van der Waals surface area contributed by atoms with E-state index in [9.17, 15) is 4.79 Å². The van der Waals surface area contributed by atoms with Crippen molar-refractivity contribution >= 4 is 22.9 Å². The number of hydrogen-bond donors (Lipinski definition) is 1. The normalized spacial score (nSPS) is 13.9. The molecule has 1 heterocycles. The number of nitrogens with one attached hydrogen (secondary N) is 1. The van der Waals surface area contributed by atoms with E-state index in [1.165, 1.54) is 23.3 Å². The van der Waals surface area contributed by atoms with Crippen molar-refractivity contribution in [2.45, 2.75) is 39.5 Å². The lowest BCUT2D eigenvalue weighted by Crippen LogP contribution is -2.11. The second kappa shape index (κ2) is 5.41. The third kappa shape index (κ3) is 2.63. The van der Waals surface area contributed by atoms with Gasteiger partial charge in [-0.25, -0.2) is 0 Å². The molecule has 3 rings (SSSR count). The number of rotatable bonds is 2. The summed E-state index contributed by atoms with van der Waals surface area (Å²) in [5.41, 5.74) is 4.57. The number of anilines is 1. The van der Waals surface area contributed by atoms with Gasteiger partial charge in [-0.05, 0) is 68.4 Å². The molecule has 1 aromatic carbocycles. The quantitative estimate of drug-likeness (QED) is 0.865. The summed E-state index contributed by atoms with van der Waals surface area (Å²) >= 11 is 1.66. The summed E-state index contributed by atoms with van der Waals surface area (Å²) in [6.07, 6.45) is 4.77. The zero-order valence-corrected chi connectivity index (χ0v) is 12.8. The van der Waals surface area contributed by atoms with Gasteiger partial charge in [-0.3, -0.25) is 4.79 Å². The monoisotopic (exact) mass is 285 g/mol. The molecule has 0 saturated carbocycles. The number of thiophene rings is 1. The molecule has 0 radical (unpaired) electrons. The summed E-state index contributed by atoms with van der Waals surface area (Å²) in [5, 5.41) is 3.05. The van der Waals surface area contributed by atoms with Gasteiger partial charge in [-0.15, -0.1) is 11.3 Å². The molecule has 0 aliphatic heterocycles. The molecule has 1 N–H and O–H groups in total. The molecule has 104 valence electrons. The Kier molecular flexibility index (Phi) is 3.62. The van der Waals surface area contributed by atoms with Gasteiger partial charge in [0.1, 0.15) is 0 Å². The lowest BCUT2D eigenvalue weighted by molar-refractivity contribution is 0.103. The van der Waals surface area contributed by atoms with Gasteiger partial charge in [0.05, 0.1) is 4.88 Å². The van der Waals surface area contributed by atoms with Gasteiger partial charge in [0.25, 0.3) is 5.91 Å². The molecule has 1 aliphatic carbocycles. The van der Waals surface area contributed by atoms with Crippen LogP contribution in [0.4, 0.5) is 5.69 Å². The van der Waals surface area contributed by atoms with Crippen LogP contribution in [0.2, 0.25) is 0 Å². The number of carbonyl (C=O) groups is 1. The van der Waals surface area contributed by atoms with Gasteiger partial charge >= 0.3 is 0 Å².